The lowest BCUT2D eigenvalue weighted by Gasteiger charge is -2.44. The van der Waals surface area contributed by atoms with Crippen molar-refractivity contribution in [3.8, 4) is 0 Å². The van der Waals surface area contributed by atoms with Crippen LogP contribution in [-0.4, -0.2) is 45.8 Å². The van der Waals surface area contributed by atoms with E-state index in [2.05, 4.69) is 16.6 Å². The highest BCUT2D eigenvalue weighted by Crippen LogP contribution is 2.40. The first-order valence-electron chi connectivity index (χ1n) is 12.0. The lowest BCUT2D eigenvalue weighted by molar-refractivity contribution is -0.134. The Hall–Kier alpha value is -0.950. The Morgan fingerprint density at radius 2 is 1.77 bits per heavy atom. The van der Waals surface area contributed by atoms with E-state index in [1.165, 1.54) is 19.3 Å². The highest BCUT2D eigenvalue weighted by atomic mass is 32.2. The van der Waals surface area contributed by atoms with E-state index in [0.29, 0.717) is 43.3 Å². The van der Waals surface area contributed by atoms with Gasteiger partial charge in [-0.05, 0) is 50.9 Å². The number of nitrogens with zero attached hydrogens (tertiary/aromatic N) is 1. The summed E-state index contributed by atoms with van der Waals surface area (Å²) in [6.45, 7) is 2.71. The number of carbonyl (C=O) groups excluding carboxylic acids is 2. The third-order valence-corrected chi connectivity index (χ3v) is 10.3. The summed E-state index contributed by atoms with van der Waals surface area (Å²) in [4.78, 5) is 25.0. The summed E-state index contributed by atoms with van der Waals surface area (Å²) in [7, 11) is -2.46. The van der Waals surface area contributed by atoms with Crippen LogP contribution in [0.4, 0.5) is 0 Å². The summed E-state index contributed by atoms with van der Waals surface area (Å²) in [5.74, 6) is 1.54. The number of rotatable bonds is 5. The molecule has 2 aliphatic carbocycles. The average Bonchev–Trinajstić information content (AvgIpc) is 3.12. The van der Waals surface area contributed by atoms with E-state index in [1.807, 2.05) is 0 Å². The second kappa shape index (κ2) is 8.89. The Balaban J connectivity index is 1.30. The summed E-state index contributed by atoms with van der Waals surface area (Å²) >= 11 is 0. The average molecular weight is 439 g/mol. The third-order valence-electron chi connectivity index (χ3n) is 8.10. The second-order valence-electron chi connectivity index (χ2n) is 10.5. The summed E-state index contributed by atoms with van der Waals surface area (Å²) in [6, 6.07) is 0.124. The van der Waals surface area contributed by atoms with Gasteiger partial charge in [0.05, 0.1) is 15.3 Å². The van der Waals surface area contributed by atoms with Gasteiger partial charge in [-0.1, -0.05) is 39.0 Å². The highest BCUT2D eigenvalue weighted by Gasteiger charge is 2.44. The summed E-state index contributed by atoms with van der Waals surface area (Å²) in [6.07, 6.45) is 12.2. The fourth-order valence-corrected chi connectivity index (χ4v) is 7.82. The molecular weight excluding hydrogens is 400 g/mol. The largest absolute Gasteiger partial charge is 0.375 e. The van der Waals surface area contributed by atoms with Gasteiger partial charge in [-0.3, -0.25) is 9.59 Å². The molecule has 0 radical (unpaired) electrons. The number of hydrogen-bond donors (Lipinski definition) is 1. The van der Waals surface area contributed by atoms with E-state index in [-0.39, 0.29) is 28.9 Å². The van der Waals surface area contributed by atoms with Crippen LogP contribution in [0.3, 0.4) is 0 Å². The Bertz CT molecular complexity index is 762. The molecule has 4 fully saturated rings. The maximum atomic E-state index is 13.1. The first kappa shape index (κ1) is 22.3. The SMILES string of the molecule is CC1(C(=O)NC2CCOC3(CCS(=O)(=NC(=O)CCC4CCC4)CC3)C2)CCCC1. The lowest BCUT2D eigenvalue weighted by Crippen LogP contribution is -2.53. The molecule has 2 saturated heterocycles. The van der Waals surface area contributed by atoms with Crippen LogP contribution in [0.25, 0.3) is 0 Å². The van der Waals surface area contributed by atoms with Crippen LogP contribution < -0.4 is 5.32 Å². The van der Waals surface area contributed by atoms with Gasteiger partial charge in [0.1, 0.15) is 0 Å². The number of ether oxygens (including phenoxy) is 1. The fraction of sp³-hybridized carbons (Fsp3) is 0.913. The van der Waals surface area contributed by atoms with Crippen molar-refractivity contribution in [1.29, 1.82) is 0 Å². The van der Waals surface area contributed by atoms with Crippen molar-refractivity contribution in [1.82, 2.24) is 5.32 Å². The fourth-order valence-electron chi connectivity index (χ4n) is 5.59. The van der Waals surface area contributed by atoms with E-state index < -0.39 is 9.73 Å². The zero-order valence-corrected chi connectivity index (χ0v) is 19.3. The van der Waals surface area contributed by atoms with Crippen LogP contribution in [0.15, 0.2) is 4.36 Å². The highest BCUT2D eigenvalue weighted by molar-refractivity contribution is 7.93. The molecule has 170 valence electrons. The number of carbonyl (C=O) groups is 2. The van der Waals surface area contributed by atoms with Crippen molar-refractivity contribution in [2.24, 2.45) is 15.7 Å². The van der Waals surface area contributed by atoms with Crippen molar-refractivity contribution >= 4 is 21.5 Å². The Morgan fingerprint density at radius 1 is 1.07 bits per heavy atom. The molecule has 4 aliphatic rings. The van der Waals surface area contributed by atoms with Crippen molar-refractivity contribution < 1.29 is 18.5 Å². The Labute approximate surface area is 181 Å². The normalized spacial score (nSPS) is 36.2. The predicted octanol–water partition coefficient (Wildman–Crippen LogP) is 3.97. The standard InChI is InChI=1S/C23H38N2O4S/c1-22(10-2-3-11-22)21(27)24-19-9-14-29-23(17-19)12-15-30(28,16-13-23)25-20(26)8-7-18-5-4-6-18/h18-19H,2-17H2,1H3,(H,24,27). The first-order chi connectivity index (χ1) is 14.3. The molecule has 4 rings (SSSR count). The molecule has 2 heterocycles. The van der Waals surface area contributed by atoms with E-state index >= 15 is 0 Å². The smallest absolute Gasteiger partial charge is 0.253 e. The van der Waals surface area contributed by atoms with Crippen molar-refractivity contribution in [2.75, 3.05) is 18.1 Å². The van der Waals surface area contributed by atoms with Crippen molar-refractivity contribution in [2.45, 2.75) is 102 Å². The second-order valence-corrected chi connectivity index (χ2v) is 13.0. The molecule has 1 unspecified atom stereocenters. The molecule has 0 bridgehead atoms. The molecule has 0 aromatic carbocycles. The summed E-state index contributed by atoms with van der Waals surface area (Å²) < 4.78 is 23.5. The minimum absolute atomic E-state index is 0.124. The van der Waals surface area contributed by atoms with Crippen LogP contribution in [0.2, 0.25) is 0 Å². The maximum absolute atomic E-state index is 13.1. The molecule has 1 N–H and O–H groups in total. The molecule has 6 nitrogen and oxygen atoms in total. The monoisotopic (exact) mass is 438 g/mol. The predicted molar refractivity (Wildman–Crippen MR) is 118 cm³/mol. The quantitative estimate of drug-likeness (QED) is 0.704. The molecule has 1 spiro atoms. The van der Waals surface area contributed by atoms with Gasteiger partial charge in [-0.15, -0.1) is 0 Å². The molecule has 0 aromatic heterocycles. The van der Waals surface area contributed by atoms with Gasteiger partial charge in [0.25, 0.3) is 5.91 Å². The van der Waals surface area contributed by atoms with Gasteiger partial charge in [-0.25, -0.2) is 4.21 Å². The first-order valence-corrected chi connectivity index (χ1v) is 13.9. The van der Waals surface area contributed by atoms with Gasteiger partial charge in [0.2, 0.25) is 5.91 Å². The number of amides is 2. The molecule has 7 heteroatoms. The molecule has 0 aromatic rings. The minimum atomic E-state index is -2.46. The Kier molecular flexibility index (Phi) is 6.59. The van der Waals surface area contributed by atoms with Gasteiger partial charge in [-0.2, -0.15) is 4.36 Å². The minimum Gasteiger partial charge on any atom is -0.375 e. The zero-order chi connectivity index (χ0) is 21.2. The van der Waals surface area contributed by atoms with Crippen LogP contribution in [0, 0.1) is 11.3 Å². The van der Waals surface area contributed by atoms with Crippen LogP contribution in [-0.2, 0) is 24.1 Å². The molecule has 2 aliphatic heterocycles. The molecule has 30 heavy (non-hydrogen) atoms. The van der Waals surface area contributed by atoms with Crippen molar-refractivity contribution in [3.05, 3.63) is 0 Å². The molecule has 1 atom stereocenters. The van der Waals surface area contributed by atoms with E-state index in [1.54, 1.807) is 0 Å². The van der Waals surface area contributed by atoms with Crippen LogP contribution >= 0.6 is 0 Å². The van der Waals surface area contributed by atoms with Gasteiger partial charge in [0, 0.05) is 36.0 Å². The van der Waals surface area contributed by atoms with E-state index in [4.69, 9.17) is 4.74 Å². The summed E-state index contributed by atoms with van der Waals surface area (Å²) in [5.41, 5.74) is -0.538. The molecular formula is C23H38N2O4S. The molecule has 2 saturated carbocycles. The topological polar surface area (TPSA) is 84.8 Å². The maximum Gasteiger partial charge on any atom is 0.253 e. The van der Waals surface area contributed by atoms with Crippen LogP contribution in [0.1, 0.15) is 90.4 Å². The molecule has 2 amide bonds. The van der Waals surface area contributed by atoms with Gasteiger partial charge < -0.3 is 10.1 Å². The van der Waals surface area contributed by atoms with Gasteiger partial charge >= 0.3 is 0 Å². The summed E-state index contributed by atoms with van der Waals surface area (Å²) in [5, 5.41) is 3.30. The van der Waals surface area contributed by atoms with E-state index in [0.717, 1.165) is 44.9 Å². The van der Waals surface area contributed by atoms with Gasteiger partial charge in [0.15, 0.2) is 0 Å². The van der Waals surface area contributed by atoms with Crippen molar-refractivity contribution in [3.63, 3.8) is 0 Å². The van der Waals surface area contributed by atoms with E-state index in [9.17, 15) is 13.8 Å². The lowest BCUT2D eigenvalue weighted by atomic mass is 9.82. The zero-order valence-electron chi connectivity index (χ0n) is 18.5. The number of hydrogen-bond acceptors (Lipinski definition) is 4. The Morgan fingerprint density at radius 3 is 2.40 bits per heavy atom. The third kappa shape index (κ3) is 5.09. The number of nitrogens with one attached hydrogen (secondary N) is 1. The van der Waals surface area contributed by atoms with Crippen LogP contribution in [0.5, 0.6) is 0 Å².